The molecule has 2 aromatic rings. The van der Waals surface area contributed by atoms with Crippen LogP contribution in [0.4, 0.5) is 0 Å². The summed E-state index contributed by atoms with van der Waals surface area (Å²) in [6, 6.07) is 1.80. The van der Waals surface area contributed by atoms with Crippen molar-refractivity contribution in [3.8, 4) is 11.4 Å². The molecule has 0 saturated heterocycles. The number of rotatable bonds is 6. The predicted octanol–water partition coefficient (Wildman–Crippen LogP) is 2.96. The van der Waals surface area contributed by atoms with Crippen LogP contribution >= 0.6 is 11.8 Å². The van der Waals surface area contributed by atoms with E-state index >= 15 is 0 Å². The molecule has 0 radical (unpaired) electrons. The number of nitrogen functional groups attached to an aromatic ring is 1. The molecule has 2 heterocycles. The average molecular weight is 361 g/mol. The second-order valence-corrected chi connectivity index (χ2v) is 6.88. The maximum atomic E-state index is 12.6. The summed E-state index contributed by atoms with van der Waals surface area (Å²) in [6.07, 6.45) is 8.15. The number of nitrogens with zero attached hydrogens (tertiary/aromatic N) is 4. The van der Waals surface area contributed by atoms with Gasteiger partial charge in [-0.25, -0.2) is 4.68 Å². The van der Waals surface area contributed by atoms with Gasteiger partial charge in [0.25, 0.3) is 0 Å². The van der Waals surface area contributed by atoms with Gasteiger partial charge in [0.15, 0.2) is 5.82 Å². The Labute approximate surface area is 151 Å². The summed E-state index contributed by atoms with van der Waals surface area (Å²) in [7, 11) is 0. The number of aromatic nitrogens is 3. The Hall–Kier alpha value is -2.22. The van der Waals surface area contributed by atoms with Crippen molar-refractivity contribution in [1.29, 1.82) is 0 Å². The van der Waals surface area contributed by atoms with E-state index in [9.17, 15) is 4.79 Å². The standard InChI is InChI=1S/C17H23N5O2S/c1-3-21(13-7-5-4-6-8-13)15(23)11-25-17-20-19-16(22(17)18)14-9-10-24-12(14)2/h7,9-10H,3-6,8,11,18H2,1-2H3. The first-order valence-corrected chi connectivity index (χ1v) is 9.47. The fourth-order valence-corrected chi connectivity index (χ4v) is 3.72. The molecule has 3 rings (SSSR count). The summed E-state index contributed by atoms with van der Waals surface area (Å²) in [4.78, 5) is 14.5. The van der Waals surface area contributed by atoms with Crippen LogP contribution in [0.15, 0.2) is 33.7 Å². The van der Waals surface area contributed by atoms with E-state index in [-0.39, 0.29) is 11.7 Å². The van der Waals surface area contributed by atoms with E-state index in [1.165, 1.54) is 22.9 Å². The third-order valence-corrected chi connectivity index (χ3v) is 5.25. The van der Waals surface area contributed by atoms with Gasteiger partial charge in [-0.15, -0.1) is 10.2 Å². The van der Waals surface area contributed by atoms with Crippen LogP contribution in [0.2, 0.25) is 0 Å². The van der Waals surface area contributed by atoms with Crippen LogP contribution in [0.25, 0.3) is 11.4 Å². The fourth-order valence-electron chi connectivity index (χ4n) is 2.99. The molecule has 0 aromatic carbocycles. The van der Waals surface area contributed by atoms with Crippen LogP contribution in [0.3, 0.4) is 0 Å². The zero-order chi connectivity index (χ0) is 17.8. The van der Waals surface area contributed by atoms with Gasteiger partial charge in [-0.2, -0.15) is 0 Å². The monoisotopic (exact) mass is 361 g/mol. The highest BCUT2D eigenvalue weighted by Crippen LogP contribution is 2.26. The van der Waals surface area contributed by atoms with Gasteiger partial charge < -0.3 is 15.2 Å². The van der Waals surface area contributed by atoms with Crippen molar-refractivity contribution in [3.05, 3.63) is 29.9 Å². The Morgan fingerprint density at radius 3 is 2.92 bits per heavy atom. The smallest absolute Gasteiger partial charge is 0.237 e. The second-order valence-electron chi connectivity index (χ2n) is 5.93. The third-order valence-electron chi connectivity index (χ3n) is 4.32. The lowest BCUT2D eigenvalue weighted by Gasteiger charge is -2.26. The summed E-state index contributed by atoms with van der Waals surface area (Å²) < 4.78 is 6.69. The van der Waals surface area contributed by atoms with E-state index in [0.29, 0.717) is 17.5 Å². The van der Waals surface area contributed by atoms with Crippen molar-refractivity contribution in [3.63, 3.8) is 0 Å². The summed E-state index contributed by atoms with van der Waals surface area (Å²) in [5, 5.41) is 8.74. The number of carbonyl (C=O) groups is 1. The van der Waals surface area contributed by atoms with E-state index < -0.39 is 0 Å². The van der Waals surface area contributed by atoms with E-state index in [1.807, 2.05) is 18.7 Å². The van der Waals surface area contributed by atoms with Crippen LogP contribution in [-0.4, -0.2) is 38.0 Å². The zero-order valence-electron chi connectivity index (χ0n) is 14.6. The predicted molar refractivity (Wildman–Crippen MR) is 97.3 cm³/mol. The molecule has 1 aliphatic rings. The van der Waals surface area contributed by atoms with Gasteiger partial charge in [-0.05, 0) is 45.6 Å². The molecule has 134 valence electrons. The average Bonchev–Trinajstić information content (AvgIpc) is 3.20. The van der Waals surface area contributed by atoms with Gasteiger partial charge in [0.2, 0.25) is 11.1 Å². The lowest BCUT2D eigenvalue weighted by atomic mass is 10.0. The molecule has 1 aliphatic carbocycles. The van der Waals surface area contributed by atoms with Crippen LogP contribution in [0.1, 0.15) is 38.4 Å². The lowest BCUT2D eigenvalue weighted by molar-refractivity contribution is -0.126. The number of aryl methyl sites for hydroxylation is 1. The molecule has 8 heteroatoms. The van der Waals surface area contributed by atoms with Crippen LogP contribution in [0, 0.1) is 6.92 Å². The number of allylic oxidation sites excluding steroid dienone is 2. The number of amides is 1. The number of carbonyl (C=O) groups excluding carboxylic acids is 1. The molecule has 0 spiro atoms. The van der Waals surface area contributed by atoms with Crippen molar-refractivity contribution in [1.82, 2.24) is 19.8 Å². The van der Waals surface area contributed by atoms with E-state index in [4.69, 9.17) is 10.3 Å². The highest BCUT2D eigenvalue weighted by Gasteiger charge is 2.20. The molecule has 0 aliphatic heterocycles. The Balaban J connectivity index is 1.67. The summed E-state index contributed by atoms with van der Waals surface area (Å²) in [5.74, 6) is 7.71. The number of nitrogens with two attached hydrogens (primary N) is 1. The molecule has 0 saturated carbocycles. The van der Waals surface area contributed by atoms with Crippen molar-refractivity contribution in [2.45, 2.75) is 44.7 Å². The Kier molecular flexibility index (Phi) is 5.47. The van der Waals surface area contributed by atoms with Crippen molar-refractivity contribution in [2.75, 3.05) is 18.1 Å². The fraction of sp³-hybridized carbons (Fsp3) is 0.471. The van der Waals surface area contributed by atoms with Gasteiger partial charge in [-0.1, -0.05) is 17.8 Å². The topological polar surface area (TPSA) is 90.2 Å². The molecular weight excluding hydrogens is 338 g/mol. The minimum absolute atomic E-state index is 0.0738. The lowest BCUT2D eigenvalue weighted by Crippen LogP contribution is -2.32. The van der Waals surface area contributed by atoms with Gasteiger partial charge >= 0.3 is 0 Å². The number of thioether (sulfide) groups is 1. The summed E-state index contributed by atoms with van der Waals surface area (Å²) in [5.41, 5.74) is 1.94. The molecule has 2 N–H and O–H groups in total. The molecule has 7 nitrogen and oxygen atoms in total. The molecule has 1 amide bonds. The number of furan rings is 1. The van der Waals surface area contributed by atoms with Gasteiger partial charge in [-0.3, -0.25) is 4.79 Å². The van der Waals surface area contributed by atoms with E-state index in [0.717, 1.165) is 36.3 Å². The van der Waals surface area contributed by atoms with E-state index in [1.54, 1.807) is 12.3 Å². The Morgan fingerprint density at radius 2 is 2.28 bits per heavy atom. The van der Waals surface area contributed by atoms with Crippen molar-refractivity contribution in [2.24, 2.45) is 0 Å². The van der Waals surface area contributed by atoms with Crippen molar-refractivity contribution < 1.29 is 9.21 Å². The Bertz CT molecular complexity index is 780. The molecule has 2 aromatic heterocycles. The minimum atomic E-state index is 0.0738. The molecule has 0 fully saturated rings. The van der Waals surface area contributed by atoms with Gasteiger partial charge in [0.05, 0.1) is 17.6 Å². The maximum absolute atomic E-state index is 12.6. The van der Waals surface area contributed by atoms with E-state index in [2.05, 4.69) is 16.3 Å². The molecule has 0 atom stereocenters. The number of hydrogen-bond acceptors (Lipinski definition) is 6. The van der Waals surface area contributed by atoms with Crippen LogP contribution in [0.5, 0.6) is 0 Å². The SMILES string of the molecule is CCN(C(=O)CSc1nnc(-c2ccoc2C)n1N)C1=CCCCC1. The first kappa shape index (κ1) is 17.6. The van der Waals surface area contributed by atoms with Crippen LogP contribution in [-0.2, 0) is 4.79 Å². The zero-order valence-corrected chi connectivity index (χ0v) is 15.4. The van der Waals surface area contributed by atoms with Crippen molar-refractivity contribution >= 4 is 17.7 Å². The third kappa shape index (κ3) is 3.73. The highest BCUT2D eigenvalue weighted by molar-refractivity contribution is 7.99. The van der Waals surface area contributed by atoms with Crippen LogP contribution < -0.4 is 5.84 Å². The quantitative estimate of drug-likeness (QED) is 0.628. The highest BCUT2D eigenvalue weighted by atomic mass is 32.2. The first-order chi connectivity index (χ1) is 12.1. The maximum Gasteiger partial charge on any atom is 0.237 e. The summed E-state index contributed by atoms with van der Waals surface area (Å²) >= 11 is 1.30. The Morgan fingerprint density at radius 1 is 1.44 bits per heavy atom. The minimum Gasteiger partial charge on any atom is -0.469 e. The normalized spacial score (nSPS) is 14.4. The molecule has 0 unspecified atom stereocenters. The second kappa shape index (κ2) is 7.77. The van der Waals surface area contributed by atoms with Gasteiger partial charge in [0.1, 0.15) is 5.76 Å². The summed E-state index contributed by atoms with van der Waals surface area (Å²) in [6.45, 7) is 4.53. The first-order valence-electron chi connectivity index (χ1n) is 8.49. The molecule has 25 heavy (non-hydrogen) atoms. The largest absolute Gasteiger partial charge is 0.469 e. The van der Waals surface area contributed by atoms with Gasteiger partial charge in [0, 0.05) is 12.2 Å². The number of hydrogen-bond donors (Lipinski definition) is 1. The molecule has 0 bridgehead atoms. The molecular formula is C17H23N5O2S.